The number of amides is 4. The number of carbonyl (C=O) groups excluding carboxylic acids is 4. The number of carbonyl (C=O) groups is 4. The average molecular weight is 592 g/mol. The van der Waals surface area contributed by atoms with Crippen LogP contribution in [-0.2, 0) is 25.6 Å². The Morgan fingerprint density at radius 1 is 0.727 bits per heavy atom. The van der Waals surface area contributed by atoms with Crippen molar-refractivity contribution in [3.63, 3.8) is 0 Å². The maximum Gasteiger partial charge on any atom is 0.247 e. The predicted octanol–water partition coefficient (Wildman–Crippen LogP) is 4.76. The molecule has 0 spiro atoms. The molecule has 3 heterocycles. The van der Waals surface area contributed by atoms with Crippen molar-refractivity contribution in [3.05, 3.63) is 89.7 Å². The standard InChI is InChI=1S/C35H37N5O4/c41-32(22-26-4-1-19-36-23-26)39-20-2-5-30(39)33(42)37-28-15-9-24(10-16-28)7-8-25-11-17-29(18-12-25)38-34(43)31-6-3-21-40(31)35(44)27-13-14-27/h1,4,7-12,15-19,23,27,30-31H,2-3,5-6,13-14,20-22H2,(H,37,42)(H,38,43)/b8-7+. The lowest BCUT2D eigenvalue weighted by Crippen LogP contribution is -2.43. The molecule has 2 aromatic carbocycles. The van der Waals surface area contributed by atoms with Crippen molar-refractivity contribution in [3.8, 4) is 0 Å². The highest BCUT2D eigenvalue weighted by Gasteiger charge is 2.41. The zero-order valence-corrected chi connectivity index (χ0v) is 24.7. The summed E-state index contributed by atoms with van der Waals surface area (Å²) in [5.41, 5.74) is 4.17. The minimum atomic E-state index is -0.478. The van der Waals surface area contributed by atoms with Gasteiger partial charge in [-0.05, 0) is 85.5 Å². The van der Waals surface area contributed by atoms with Crippen molar-refractivity contribution < 1.29 is 19.2 Å². The van der Waals surface area contributed by atoms with E-state index < -0.39 is 6.04 Å². The predicted molar refractivity (Wildman–Crippen MR) is 169 cm³/mol. The molecule has 44 heavy (non-hydrogen) atoms. The zero-order valence-electron chi connectivity index (χ0n) is 24.7. The van der Waals surface area contributed by atoms with Gasteiger partial charge in [-0.25, -0.2) is 0 Å². The maximum atomic E-state index is 13.0. The van der Waals surface area contributed by atoms with E-state index in [4.69, 9.17) is 0 Å². The SMILES string of the molecule is O=C(Nc1ccc(/C=C/c2ccc(NC(=O)C3CCCN3C(=O)C3CC3)cc2)cc1)C1CCCN1C(=O)Cc1cccnc1. The van der Waals surface area contributed by atoms with E-state index in [-0.39, 0.29) is 42.0 Å². The van der Waals surface area contributed by atoms with Crippen molar-refractivity contribution >= 4 is 47.2 Å². The molecule has 6 rings (SSSR count). The highest BCUT2D eigenvalue weighted by molar-refractivity contribution is 5.99. The third kappa shape index (κ3) is 7.05. The number of rotatable bonds is 9. The Morgan fingerprint density at radius 2 is 1.27 bits per heavy atom. The van der Waals surface area contributed by atoms with Gasteiger partial charge in [0.15, 0.2) is 0 Å². The van der Waals surface area contributed by atoms with E-state index in [1.54, 1.807) is 28.3 Å². The summed E-state index contributed by atoms with van der Waals surface area (Å²) in [7, 11) is 0. The first-order valence-electron chi connectivity index (χ1n) is 15.4. The number of pyridine rings is 1. The van der Waals surface area contributed by atoms with Crippen LogP contribution in [0.15, 0.2) is 73.1 Å². The molecule has 9 heteroatoms. The number of anilines is 2. The van der Waals surface area contributed by atoms with Gasteiger partial charge in [0.1, 0.15) is 12.1 Å². The number of nitrogens with zero attached hydrogens (tertiary/aromatic N) is 3. The Bertz CT molecular complexity index is 1530. The molecule has 4 amide bonds. The Kier molecular flexibility index (Phi) is 8.81. The third-order valence-electron chi connectivity index (χ3n) is 8.54. The van der Waals surface area contributed by atoms with E-state index in [0.29, 0.717) is 37.3 Å². The second-order valence-electron chi connectivity index (χ2n) is 11.8. The van der Waals surface area contributed by atoms with Gasteiger partial charge in [0.25, 0.3) is 0 Å². The highest BCUT2D eigenvalue weighted by Crippen LogP contribution is 2.34. The second kappa shape index (κ2) is 13.2. The first-order chi connectivity index (χ1) is 21.4. The number of benzene rings is 2. The van der Waals surface area contributed by atoms with Gasteiger partial charge in [0, 0.05) is 42.8 Å². The van der Waals surface area contributed by atoms with Crippen molar-refractivity contribution in [1.82, 2.24) is 14.8 Å². The number of hydrogen-bond acceptors (Lipinski definition) is 5. The van der Waals surface area contributed by atoms with Gasteiger partial charge in [-0.2, -0.15) is 0 Å². The lowest BCUT2D eigenvalue weighted by molar-refractivity contribution is -0.137. The molecule has 2 atom stereocenters. The molecule has 1 aliphatic carbocycles. The van der Waals surface area contributed by atoms with E-state index in [0.717, 1.165) is 42.4 Å². The first-order valence-corrected chi connectivity index (χ1v) is 15.4. The summed E-state index contributed by atoms with van der Waals surface area (Å²) in [5.74, 6) is -0.111. The Morgan fingerprint density at radius 3 is 1.80 bits per heavy atom. The second-order valence-corrected chi connectivity index (χ2v) is 11.8. The Hall–Kier alpha value is -4.79. The largest absolute Gasteiger partial charge is 0.330 e. The van der Waals surface area contributed by atoms with Crippen molar-refractivity contribution in [1.29, 1.82) is 0 Å². The van der Waals surface area contributed by atoms with Gasteiger partial charge in [-0.1, -0.05) is 42.5 Å². The van der Waals surface area contributed by atoms with Crippen LogP contribution in [0.4, 0.5) is 11.4 Å². The molecule has 2 unspecified atom stereocenters. The fraction of sp³-hybridized carbons (Fsp3) is 0.343. The monoisotopic (exact) mass is 591 g/mol. The highest BCUT2D eigenvalue weighted by atomic mass is 16.2. The van der Waals surface area contributed by atoms with E-state index in [9.17, 15) is 19.2 Å². The van der Waals surface area contributed by atoms with E-state index in [1.165, 1.54) is 0 Å². The Balaban J connectivity index is 0.993. The van der Waals surface area contributed by atoms with Crippen LogP contribution in [-0.4, -0.2) is 63.6 Å². The Labute approximate surface area is 257 Å². The summed E-state index contributed by atoms with van der Waals surface area (Å²) in [6.07, 6.45) is 12.4. The van der Waals surface area contributed by atoms with Gasteiger partial charge >= 0.3 is 0 Å². The van der Waals surface area contributed by atoms with Crippen LogP contribution in [0.25, 0.3) is 12.2 Å². The van der Waals surface area contributed by atoms with Crippen LogP contribution in [0, 0.1) is 5.92 Å². The zero-order chi connectivity index (χ0) is 30.5. The third-order valence-corrected chi connectivity index (χ3v) is 8.54. The van der Waals surface area contributed by atoms with Gasteiger partial charge in [0.05, 0.1) is 6.42 Å². The summed E-state index contributed by atoms with van der Waals surface area (Å²) < 4.78 is 0. The van der Waals surface area contributed by atoms with Crippen LogP contribution in [0.2, 0.25) is 0 Å². The smallest absolute Gasteiger partial charge is 0.247 e. The minimum Gasteiger partial charge on any atom is -0.330 e. The molecular formula is C35H37N5O4. The quantitative estimate of drug-likeness (QED) is 0.349. The van der Waals surface area contributed by atoms with Gasteiger partial charge in [0.2, 0.25) is 23.6 Å². The van der Waals surface area contributed by atoms with Crippen LogP contribution in [0.5, 0.6) is 0 Å². The summed E-state index contributed by atoms with van der Waals surface area (Å²) in [6.45, 7) is 1.24. The van der Waals surface area contributed by atoms with Gasteiger partial charge < -0.3 is 20.4 Å². The molecule has 3 aromatic rings. The molecule has 2 N–H and O–H groups in total. The lowest BCUT2D eigenvalue weighted by atomic mass is 10.1. The molecule has 3 aliphatic rings. The topological polar surface area (TPSA) is 112 Å². The average Bonchev–Trinajstić information content (AvgIpc) is 3.55. The number of nitrogens with one attached hydrogen (secondary N) is 2. The molecule has 2 aliphatic heterocycles. The molecule has 1 aromatic heterocycles. The first kappa shape index (κ1) is 29.3. The van der Waals surface area contributed by atoms with E-state index in [2.05, 4.69) is 15.6 Å². The minimum absolute atomic E-state index is 0.0626. The summed E-state index contributed by atoms with van der Waals surface area (Å²) >= 11 is 0. The summed E-state index contributed by atoms with van der Waals surface area (Å²) in [5, 5.41) is 5.94. The number of aromatic nitrogens is 1. The fourth-order valence-electron chi connectivity index (χ4n) is 5.98. The van der Waals surface area contributed by atoms with Gasteiger partial charge in [-0.15, -0.1) is 0 Å². The lowest BCUT2D eigenvalue weighted by Gasteiger charge is -2.24. The number of likely N-dealkylation sites (tertiary alicyclic amines) is 2. The maximum absolute atomic E-state index is 13.0. The van der Waals surface area contributed by atoms with Crippen LogP contribution >= 0.6 is 0 Å². The summed E-state index contributed by atoms with van der Waals surface area (Å²) in [4.78, 5) is 58.8. The molecule has 0 bridgehead atoms. The van der Waals surface area contributed by atoms with Crippen LogP contribution in [0.1, 0.15) is 55.2 Å². The molecule has 9 nitrogen and oxygen atoms in total. The van der Waals surface area contributed by atoms with E-state index in [1.807, 2.05) is 66.7 Å². The molecule has 3 fully saturated rings. The van der Waals surface area contributed by atoms with Gasteiger partial charge in [-0.3, -0.25) is 24.2 Å². The summed E-state index contributed by atoms with van der Waals surface area (Å²) in [6, 6.07) is 18.0. The molecule has 0 radical (unpaired) electrons. The van der Waals surface area contributed by atoms with E-state index >= 15 is 0 Å². The van der Waals surface area contributed by atoms with Crippen LogP contribution < -0.4 is 10.6 Å². The van der Waals surface area contributed by atoms with Crippen molar-refractivity contribution in [2.75, 3.05) is 23.7 Å². The van der Waals surface area contributed by atoms with Crippen molar-refractivity contribution in [2.45, 2.75) is 57.0 Å². The molecule has 1 saturated carbocycles. The van der Waals surface area contributed by atoms with Crippen molar-refractivity contribution in [2.24, 2.45) is 5.92 Å². The normalized spacial score (nSPS) is 19.7. The molecule has 2 saturated heterocycles. The fourth-order valence-corrected chi connectivity index (χ4v) is 5.98. The van der Waals surface area contributed by atoms with Crippen LogP contribution in [0.3, 0.4) is 0 Å². The number of hydrogen-bond donors (Lipinski definition) is 2. The molecular weight excluding hydrogens is 554 g/mol. The molecule has 226 valence electrons.